The minimum atomic E-state index is -5.08. The number of halogens is 3. The van der Waals surface area contributed by atoms with Gasteiger partial charge >= 0.3 is 12.1 Å². The number of piperazine rings is 1. The highest BCUT2D eigenvalue weighted by molar-refractivity contribution is 5.94. The predicted octanol–water partition coefficient (Wildman–Crippen LogP) is 2.39. The predicted molar refractivity (Wildman–Crippen MR) is 106 cm³/mol. The first-order valence-electron chi connectivity index (χ1n) is 9.22. The topological polar surface area (TPSA) is 112 Å². The van der Waals surface area contributed by atoms with Gasteiger partial charge in [-0.25, -0.2) is 9.78 Å². The second kappa shape index (κ2) is 10.5. The molecule has 0 radical (unpaired) electrons. The second-order valence-electron chi connectivity index (χ2n) is 6.54. The Morgan fingerprint density at radius 3 is 2.03 bits per heavy atom. The second-order valence-corrected chi connectivity index (χ2v) is 6.54. The minimum absolute atomic E-state index is 0.0715. The average molecular weight is 438 g/mol. The quantitative estimate of drug-likeness (QED) is 0.679. The third kappa shape index (κ3) is 7.37. The monoisotopic (exact) mass is 438 g/mol. The average Bonchev–Trinajstić information content (AvgIpc) is 2.74. The van der Waals surface area contributed by atoms with E-state index in [2.05, 4.69) is 15.6 Å². The van der Waals surface area contributed by atoms with Crippen LogP contribution < -0.4 is 10.6 Å². The summed E-state index contributed by atoms with van der Waals surface area (Å²) in [4.78, 5) is 38.4. The Balaban J connectivity index is 0.000000423. The number of anilines is 1. The summed E-state index contributed by atoms with van der Waals surface area (Å²) in [7, 11) is 0. The summed E-state index contributed by atoms with van der Waals surface area (Å²) < 4.78 is 31.7. The van der Waals surface area contributed by atoms with Gasteiger partial charge in [0.15, 0.2) is 0 Å². The molecule has 2 aromatic rings. The molecule has 2 heterocycles. The molecule has 1 aromatic carbocycles. The van der Waals surface area contributed by atoms with Gasteiger partial charge in [0, 0.05) is 50.4 Å². The molecule has 0 bridgehead atoms. The molecule has 1 fully saturated rings. The molecular weight excluding hydrogens is 417 g/mol. The highest BCUT2D eigenvalue weighted by atomic mass is 19.4. The summed E-state index contributed by atoms with van der Waals surface area (Å²) in [5.74, 6) is -2.31. The molecule has 0 unspecified atom stereocenters. The van der Waals surface area contributed by atoms with Gasteiger partial charge in [-0.05, 0) is 29.8 Å². The van der Waals surface area contributed by atoms with Crippen molar-refractivity contribution >= 4 is 23.6 Å². The van der Waals surface area contributed by atoms with Gasteiger partial charge in [0.1, 0.15) is 5.82 Å². The number of aromatic nitrogens is 1. The fourth-order valence-electron chi connectivity index (χ4n) is 2.67. The van der Waals surface area contributed by atoms with Crippen LogP contribution in [-0.2, 0) is 9.59 Å². The highest BCUT2D eigenvalue weighted by Gasteiger charge is 2.38. The van der Waals surface area contributed by atoms with Crippen LogP contribution in [0.25, 0.3) is 11.1 Å². The van der Waals surface area contributed by atoms with Crippen LogP contribution in [0, 0.1) is 0 Å². The summed E-state index contributed by atoms with van der Waals surface area (Å²) in [6.45, 7) is 4.63. The van der Waals surface area contributed by atoms with Gasteiger partial charge < -0.3 is 20.6 Å². The number of nitrogens with one attached hydrogen (secondary N) is 2. The number of pyridine rings is 1. The summed E-state index contributed by atoms with van der Waals surface area (Å²) in [5, 5.41) is 13.0. The third-order valence-electron chi connectivity index (χ3n) is 4.18. The number of amides is 2. The van der Waals surface area contributed by atoms with Gasteiger partial charge in [0.2, 0.25) is 5.91 Å². The molecule has 1 aliphatic heterocycles. The molecule has 1 saturated heterocycles. The lowest BCUT2D eigenvalue weighted by Gasteiger charge is -2.27. The third-order valence-corrected chi connectivity index (χ3v) is 4.18. The van der Waals surface area contributed by atoms with Crippen molar-refractivity contribution in [2.75, 3.05) is 31.5 Å². The van der Waals surface area contributed by atoms with Crippen molar-refractivity contribution in [3.05, 3.63) is 48.2 Å². The van der Waals surface area contributed by atoms with E-state index >= 15 is 0 Å². The lowest BCUT2D eigenvalue weighted by atomic mass is 10.0. The first-order chi connectivity index (χ1) is 14.6. The molecule has 166 valence electrons. The lowest BCUT2D eigenvalue weighted by Crippen LogP contribution is -2.46. The molecule has 3 N–H and O–H groups in total. The maximum absolute atomic E-state index is 12.4. The molecule has 0 atom stereocenters. The Labute approximate surface area is 176 Å². The van der Waals surface area contributed by atoms with Crippen molar-refractivity contribution in [3.63, 3.8) is 0 Å². The van der Waals surface area contributed by atoms with Crippen molar-refractivity contribution in [1.29, 1.82) is 0 Å². The van der Waals surface area contributed by atoms with Gasteiger partial charge in [0.25, 0.3) is 5.91 Å². The van der Waals surface area contributed by atoms with Crippen molar-refractivity contribution in [1.82, 2.24) is 15.2 Å². The number of benzene rings is 1. The molecule has 8 nitrogen and oxygen atoms in total. The number of nitrogens with zero attached hydrogens (tertiary/aromatic N) is 2. The normalized spacial score (nSPS) is 13.6. The molecule has 2 amide bonds. The van der Waals surface area contributed by atoms with Crippen molar-refractivity contribution in [3.8, 4) is 11.1 Å². The SMILES string of the molecule is CC(=O)Nc1ccc(-c2ccc(C(=O)N3CCNCC3)cc2)cn1.O=C(O)C(F)(F)F. The summed E-state index contributed by atoms with van der Waals surface area (Å²) in [5.41, 5.74) is 2.61. The number of hydrogen-bond donors (Lipinski definition) is 3. The molecule has 1 aliphatic rings. The van der Waals surface area contributed by atoms with Crippen LogP contribution in [0.15, 0.2) is 42.6 Å². The van der Waals surface area contributed by atoms with Crippen LogP contribution in [0.3, 0.4) is 0 Å². The number of hydrogen-bond acceptors (Lipinski definition) is 5. The van der Waals surface area contributed by atoms with E-state index in [0.717, 1.165) is 37.3 Å². The van der Waals surface area contributed by atoms with E-state index in [4.69, 9.17) is 9.90 Å². The van der Waals surface area contributed by atoms with E-state index in [-0.39, 0.29) is 11.8 Å². The van der Waals surface area contributed by atoms with Gasteiger partial charge in [-0.2, -0.15) is 13.2 Å². The smallest absolute Gasteiger partial charge is 0.475 e. The first-order valence-corrected chi connectivity index (χ1v) is 9.22. The number of rotatable bonds is 3. The molecule has 0 aliphatic carbocycles. The Kier molecular flexibility index (Phi) is 8.08. The van der Waals surface area contributed by atoms with E-state index in [1.807, 2.05) is 35.2 Å². The standard InChI is InChI=1S/C18H20N4O2.C2HF3O2/c1-13(23)21-17-7-6-16(12-20-17)14-2-4-15(5-3-14)18(24)22-10-8-19-9-11-22;3-2(4,5)1(6)7/h2-7,12,19H,8-11H2,1H3,(H,20,21,23);(H,6,7). The van der Waals surface area contributed by atoms with Crippen molar-refractivity contribution in [2.24, 2.45) is 0 Å². The minimum Gasteiger partial charge on any atom is -0.475 e. The van der Waals surface area contributed by atoms with E-state index < -0.39 is 12.1 Å². The Morgan fingerprint density at radius 1 is 1.03 bits per heavy atom. The van der Waals surface area contributed by atoms with Crippen molar-refractivity contribution in [2.45, 2.75) is 13.1 Å². The maximum atomic E-state index is 12.4. The zero-order valence-electron chi connectivity index (χ0n) is 16.6. The van der Waals surface area contributed by atoms with Gasteiger partial charge in [-0.15, -0.1) is 0 Å². The number of alkyl halides is 3. The van der Waals surface area contributed by atoms with Crippen LogP contribution in [0.4, 0.5) is 19.0 Å². The number of carbonyl (C=O) groups excluding carboxylic acids is 2. The Morgan fingerprint density at radius 2 is 1.58 bits per heavy atom. The van der Waals surface area contributed by atoms with Crippen LogP contribution >= 0.6 is 0 Å². The number of carbonyl (C=O) groups is 3. The highest BCUT2D eigenvalue weighted by Crippen LogP contribution is 2.21. The van der Waals surface area contributed by atoms with Crippen LogP contribution in [0.5, 0.6) is 0 Å². The van der Waals surface area contributed by atoms with Gasteiger partial charge in [-0.3, -0.25) is 9.59 Å². The van der Waals surface area contributed by atoms with E-state index in [1.54, 1.807) is 12.3 Å². The Bertz CT molecular complexity index is 910. The molecule has 1 aromatic heterocycles. The summed E-state index contributed by atoms with van der Waals surface area (Å²) in [6.07, 6.45) is -3.38. The van der Waals surface area contributed by atoms with Crippen LogP contribution in [-0.4, -0.2) is 65.1 Å². The van der Waals surface area contributed by atoms with E-state index in [0.29, 0.717) is 11.4 Å². The van der Waals surface area contributed by atoms with Crippen LogP contribution in [0.1, 0.15) is 17.3 Å². The molecule has 31 heavy (non-hydrogen) atoms. The Hall–Kier alpha value is -3.47. The number of carboxylic acids is 1. The number of carboxylic acid groups (broad SMARTS) is 1. The van der Waals surface area contributed by atoms with E-state index in [1.165, 1.54) is 6.92 Å². The summed E-state index contributed by atoms with van der Waals surface area (Å²) in [6, 6.07) is 11.2. The number of aliphatic carboxylic acids is 1. The maximum Gasteiger partial charge on any atom is 0.490 e. The molecular formula is C20H21F3N4O4. The summed E-state index contributed by atoms with van der Waals surface area (Å²) >= 11 is 0. The van der Waals surface area contributed by atoms with Gasteiger partial charge in [-0.1, -0.05) is 12.1 Å². The molecule has 0 saturated carbocycles. The fraction of sp³-hybridized carbons (Fsp3) is 0.300. The van der Waals surface area contributed by atoms with Crippen molar-refractivity contribution < 1.29 is 32.7 Å². The zero-order chi connectivity index (χ0) is 23.0. The molecule has 0 spiro atoms. The van der Waals surface area contributed by atoms with Crippen LogP contribution in [0.2, 0.25) is 0 Å². The van der Waals surface area contributed by atoms with E-state index in [9.17, 15) is 22.8 Å². The molecule has 3 rings (SSSR count). The lowest BCUT2D eigenvalue weighted by molar-refractivity contribution is -0.192. The molecule has 11 heteroatoms. The fourth-order valence-corrected chi connectivity index (χ4v) is 2.67. The zero-order valence-corrected chi connectivity index (χ0v) is 16.6. The van der Waals surface area contributed by atoms with Gasteiger partial charge in [0.05, 0.1) is 0 Å². The largest absolute Gasteiger partial charge is 0.490 e. The first kappa shape index (κ1) is 23.8.